The molecule has 0 atom stereocenters. The average Bonchev–Trinajstić information content (AvgIpc) is 3.03. The monoisotopic (exact) mass is 402 g/mol. The summed E-state index contributed by atoms with van der Waals surface area (Å²) in [6, 6.07) is 17.8. The standard InChI is InChI=1S/C26H23FO3/c1-16(2)20-8-4-18(5-9-20)13-24-26(28)25-17(3)12-22(14-23(25)30-24)29-15-19-6-10-21(27)11-7-19/h4-14,16H,15H2,1-3H3/b24-13-. The maximum atomic E-state index is 13.0. The number of ether oxygens (including phenoxy) is 2. The molecule has 1 heterocycles. The Morgan fingerprint density at radius 1 is 1.03 bits per heavy atom. The Kier molecular flexibility index (Phi) is 5.40. The zero-order chi connectivity index (χ0) is 21.3. The van der Waals surface area contributed by atoms with Crippen molar-refractivity contribution < 1.29 is 18.7 Å². The normalized spacial score (nSPS) is 14.2. The molecular weight excluding hydrogens is 379 g/mol. The topological polar surface area (TPSA) is 35.5 Å². The van der Waals surface area contributed by atoms with Crippen molar-refractivity contribution in [2.75, 3.05) is 0 Å². The summed E-state index contributed by atoms with van der Waals surface area (Å²) in [5.74, 6) is 1.46. The number of hydrogen-bond donors (Lipinski definition) is 0. The third kappa shape index (κ3) is 4.13. The average molecular weight is 402 g/mol. The highest BCUT2D eigenvalue weighted by Crippen LogP contribution is 2.37. The molecule has 0 aromatic heterocycles. The molecule has 152 valence electrons. The van der Waals surface area contributed by atoms with Gasteiger partial charge in [0, 0.05) is 6.07 Å². The smallest absolute Gasteiger partial charge is 0.232 e. The van der Waals surface area contributed by atoms with Gasteiger partial charge in [0.15, 0.2) is 5.76 Å². The third-order valence-electron chi connectivity index (χ3n) is 5.16. The van der Waals surface area contributed by atoms with Crippen molar-refractivity contribution in [1.29, 1.82) is 0 Å². The molecule has 0 aliphatic carbocycles. The highest BCUT2D eigenvalue weighted by Gasteiger charge is 2.30. The van der Waals surface area contributed by atoms with Gasteiger partial charge >= 0.3 is 0 Å². The van der Waals surface area contributed by atoms with Crippen LogP contribution in [0.3, 0.4) is 0 Å². The van der Waals surface area contributed by atoms with Gasteiger partial charge in [0.25, 0.3) is 0 Å². The first-order valence-electron chi connectivity index (χ1n) is 9.97. The summed E-state index contributed by atoms with van der Waals surface area (Å²) < 4.78 is 24.7. The molecule has 4 rings (SSSR count). The number of carbonyl (C=O) groups is 1. The fraction of sp³-hybridized carbons (Fsp3) is 0.192. The lowest BCUT2D eigenvalue weighted by atomic mass is 10.0. The molecule has 0 bridgehead atoms. The van der Waals surface area contributed by atoms with E-state index in [9.17, 15) is 9.18 Å². The molecule has 0 amide bonds. The maximum absolute atomic E-state index is 13.0. The lowest BCUT2D eigenvalue weighted by Crippen LogP contribution is -2.00. The van der Waals surface area contributed by atoms with E-state index in [2.05, 4.69) is 26.0 Å². The molecule has 0 radical (unpaired) electrons. The van der Waals surface area contributed by atoms with Gasteiger partial charge in [-0.3, -0.25) is 4.79 Å². The van der Waals surface area contributed by atoms with Gasteiger partial charge in [-0.1, -0.05) is 50.2 Å². The predicted octanol–water partition coefficient (Wildman–Crippen LogP) is 6.45. The van der Waals surface area contributed by atoms with Crippen molar-refractivity contribution in [3.63, 3.8) is 0 Å². The predicted molar refractivity (Wildman–Crippen MR) is 115 cm³/mol. The highest BCUT2D eigenvalue weighted by atomic mass is 19.1. The van der Waals surface area contributed by atoms with Crippen LogP contribution in [0.25, 0.3) is 6.08 Å². The molecule has 0 saturated carbocycles. The van der Waals surface area contributed by atoms with E-state index in [0.29, 0.717) is 35.3 Å². The van der Waals surface area contributed by atoms with Gasteiger partial charge < -0.3 is 9.47 Å². The molecule has 1 aliphatic rings. The Balaban J connectivity index is 1.53. The summed E-state index contributed by atoms with van der Waals surface area (Å²) >= 11 is 0. The second kappa shape index (κ2) is 8.15. The number of halogens is 1. The van der Waals surface area contributed by atoms with E-state index >= 15 is 0 Å². The van der Waals surface area contributed by atoms with Crippen molar-refractivity contribution in [2.45, 2.75) is 33.3 Å². The molecule has 0 fully saturated rings. The van der Waals surface area contributed by atoms with E-state index in [0.717, 1.165) is 16.7 Å². The number of allylic oxidation sites excluding steroid dienone is 1. The minimum Gasteiger partial charge on any atom is -0.489 e. The Hall–Kier alpha value is -3.40. The number of Topliss-reactive ketones (excluding diaryl/α,β-unsaturated/α-hetero) is 1. The molecule has 3 nitrogen and oxygen atoms in total. The van der Waals surface area contributed by atoms with E-state index in [1.54, 1.807) is 24.3 Å². The largest absolute Gasteiger partial charge is 0.489 e. The third-order valence-corrected chi connectivity index (χ3v) is 5.16. The van der Waals surface area contributed by atoms with Gasteiger partial charge in [-0.2, -0.15) is 0 Å². The fourth-order valence-corrected chi connectivity index (χ4v) is 3.44. The highest BCUT2D eigenvalue weighted by molar-refractivity contribution is 6.15. The number of carbonyl (C=O) groups excluding carboxylic acids is 1. The SMILES string of the molecule is Cc1cc(OCc2ccc(F)cc2)cc2c1C(=O)/C(=C/c1ccc(C(C)C)cc1)O2. The number of benzene rings is 3. The first-order chi connectivity index (χ1) is 14.4. The van der Waals surface area contributed by atoms with Crippen LogP contribution in [0.5, 0.6) is 11.5 Å². The van der Waals surface area contributed by atoms with Gasteiger partial charge in [-0.15, -0.1) is 0 Å². The van der Waals surface area contributed by atoms with Crippen LogP contribution in [0, 0.1) is 12.7 Å². The van der Waals surface area contributed by atoms with Crippen LogP contribution < -0.4 is 9.47 Å². The van der Waals surface area contributed by atoms with E-state index in [-0.39, 0.29) is 11.6 Å². The van der Waals surface area contributed by atoms with Crippen LogP contribution in [-0.4, -0.2) is 5.78 Å². The second-order valence-electron chi connectivity index (χ2n) is 7.79. The zero-order valence-electron chi connectivity index (χ0n) is 17.2. The van der Waals surface area contributed by atoms with E-state index < -0.39 is 0 Å². The van der Waals surface area contributed by atoms with Crippen LogP contribution in [0.4, 0.5) is 4.39 Å². The van der Waals surface area contributed by atoms with Crippen molar-refractivity contribution >= 4 is 11.9 Å². The fourth-order valence-electron chi connectivity index (χ4n) is 3.44. The molecule has 30 heavy (non-hydrogen) atoms. The quantitative estimate of drug-likeness (QED) is 0.460. The molecule has 4 heteroatoms. The summed E-state index contributed by atoms with van der Waals surface area (Å²) in [7, 11) is 0. The van der Waals surface area contributed by atoms with Crippen LogP contribution in [0.2, 0.25) is 0 Å². The van der Waals surface area contributed by atoms with Gasteiger partial charge in [0.2, 0.25) is 5.78 Å². The summed E-state index contributed by atoms with van der Waals surface area (Å²) in [6.45, 7) is 6.46. The Morgan fingerprint density at radius 2 is 1.73 bits per heavy atom. The summed E-state index contributed by atoms with van der Waals surface area (Å²) in [5.41, 5.74) is 4.38. The Bertz CT molecular complexity index is 1110. The Morgan fingerprint density at radius 3 is 2.40 bits per heavy atom. The molecule has 3 aromatic carbocycles. The molecular formula is C26H23FO3. The Labute approximate surface area is 175 Å². The van der Waals surface area contributed by atoms with E-state index in [1.165, 1.54) is 17.7 Å². The second-order valence-corrected chi connectivity index (χ2v) is 7.79. The molecule has 3 aromatic rings. The van der Waals surface area contributed by atoms with Crippen molar-refractivity contribution in [2.24, 2.45) is 0 Å². The molecule has 1 aliphatic heterocycles. The van der Waals surface area contributed by atoms with Gasteiger partial charge in [0.1, 0.15) is 23.9 Å². The first kappa shape index (κ1) is 19.9. The molecule has 0 unspecified atom stereocenters. The minimum absolute atomic E-state index is 0.125. The lowest BCUT2D eigenvalue weighted by molar-refractivity contribution is 0.101. The van der Waals surface area contributed by atoms with E-state index in [4.69, 9.17) is 9.47 Å². The molecule has 0 spiro atoms. The van der Waals surface area contributed by atoms with Crippen molar-refractivity contribution in [3.8, 4) is 11.5 Å². The summed E-state index contributed by atoms with van der Waals surface area (Å²) in [5, 5.41) is 0. The number of rotatable bonds is 5. The number of ketones is 1. The van der Waals surface area contributed by atoms with E-state index in [1.807, 2.05) is 25.1 Å². The lowest BCUT2D eigenvalue weighted by Gasteiger charge is -2.09. The maximum Gasteiger partial charge on any atom is 0.232 e. The summed E-state index contributed by atoms with van der Waals surface area (Å²) in [4.78, 5) is 12.9. The van der Waals surface area contributed by atoms with Crippen LogP contribution in [0.1, 0.15) is 52.4 Å². The molecule has 0 saturated heterocycles. The van der Waals surface area contributed by atoms with Crippen LogP contribution in [-0.2, 0) is 6.61 Å². The van der Waals surface area contributed by atoms with Gasteiger partial charge in [0.05, 0.1) is 5.56 Å². The van der Waals surface area contributed by atoms with Crippen LogP contribution >= 0.6 is 0 Å². The first-order valence-corrected chi connectivity index (χ1v) is 9.97. The van der Waals surface area contributed by atoms with Crippen LogP contribution in [0.15, 0.2) is 66.4 Å². The number of hydrogen-bond acceptors (Lipinski definition) is 3. The number of aryl methyl sites for hydroxylation is 1. The zero-order valence-corrected chi connectivity index (χ0v) is 17.2. The molecule has 0 N–H and O–H groups in total. The van der Waals surface area contributed by atoms with Gasteiger partial charge in [-0.25, -0.2) is 4.39 Å². The minimum atomic E-state index is -0.280. The number of fused-ring (bicyclic) bond motifs is 1. The van der Waals surface area contributed by atoms with Crippen molar-refractivity contribution in [3.05, 3.63) is 100 Å². The summed E-state index contributed by atoms with van der Waals surface area (Å²) in [6.07, 6.45) is 1.77. The van der Waals surface area contributed by atoms with Crippen molar-refractivity contribution in [1.82, 2.24) is 0 Å². The van der Waals surface area contributed by atoms with Gasteiger partial charge in [-0.05, 0) is 59.4 Å².